The van der Waals surface area contributed by atoms with Gasteiger partial charge in [0.25, 0.3) is 0 Å². The van der Waals surface area contributed by atoms with E-state index in [1.165, 1.54) is 21.6 Å². The van der Waals surface area contributed by atoms with Gasteiger partial charge in [-0.3, -0.25) is 0 Å². The summed E-state index contributed by atoms with van der Waals surface area (Å²) < 4.78 is 11.4. The fraction of sp³-hybridized carbons (Fsp3) is 0.375. The van der Waals surface area contributed by atoms with Crippen LogP contribution < -0.4 is 14.8 Å². The molecule has 0 bridgehead atoms. The van der Waals surface area contributed by atoms with Gasteiger partial charge in [-0.25, -0.2) is 0 Å². The van der Waals surface area contributed by atoms with Crippen molar-refractivity contribution in [1.82, 2.24) is 5.32 Å². The van der Waals surface area contributed by atoms with Crippen LogP contribution in [0.5, 0.6) is 11.5 Å². The molecule has 0 saturated carbocycles. The fourth-order valence-electron chi connectivity index (χ4n) is 3.01. The van der Waals surface area contributed by atoms with Crippen LogP contribution in [0.15, 0.2) is 23.6 Å². The molecule has 1 atom stereocenters. The first-order valence-electron chi connectivity index (χ1n) is 7.03. The molecule has 1 aromatic carbocycles. The molecule has 0 fully saturated rings. The predicted molar refractivity (Wildman–Crippen MR) is 80.0 cm³/mol. The highest BCUT2D eigenvalue weighted by Gasteiger charge is 2.26. The Balaban J connectivity index is 1.82. The number of hydrogen-bond donors (Lipinski definition) is 1. The Morgan fingerprint density at radius 2 is 2.00 bits per heavy atom. The Morgan fingerprint density at radius 1 is 1.20 bits per heavy atom. The maximum atomic E-state index is 5.74. The van der Waals surface area contributed by atoms with Gasteiger partial charge in [0.1, 0.15) is 13.2 Å². The molecule has 4 rings (SSSR count). The zero-order valence-corrected chi connectivity index (χ0v) is 12.3. The van der Waals surface area contributed by atoms with Crippen LogP contribution >= 0.6 is 11.3 Å². The van der Waals surface area contributed by atoms with E-state index in [1.54, 1.807) is 0 Å². The van der Waals surface area contributed by atoms with Crippen LogP contribution in [0, 0.1) is 6.92 Å². The van der Waals surface area contributed by atoms with Gasteiger partial charge in [-0.1, -0.05) is 0 Å². The molecular formula is C16H17NO2S. The molecule has 2 aromatic rings. The van der Waals surface area contributed by atoms with Gasteiger partial charge >= 0.3 is 0 Å². The Hall–Kier alpha value is -1.52. The van der Waals surface area contributed by atoms with E-state index in [9.17, 15) is 0 Å². The molecule has 0 saturated heterocycles. The second-order valence-corrected chi connectivity index (χ2v) is 6.25. The Morgan fingerprint density at radius 3 is 2.75 bits per heavy atom. The van der Waals surface area contributed by atoms with E-state index in [0.29, 0.717) is 13.2 Å². The third-order valence-electron chi connectivity index (χ3n) is 4.02. The standard InChI is InChI=1S/C16H17NO2S/c1-10-3-7-20-16(10)15-12-9-14-13(18-5-6-19-14)8-11(12)2-4-17-15/h3,7-9,15,17H,2,4-6H2,1H3. The van der Waals surface area contributed by atoms with Crippen molar-refractivity contribution < 1.29 is 9.47 Å². The quantitative estimate of drug-likeness (QED) is 0.874. The molecule has 0 aliphatic carbocycles. The summed E-state index contributed by atoms with van der Waals surface area (Å²) >= 11 is 1.82. The second kappa shape index (κ2) is 4.79. The van der Waals surface area contributed by atoms with E-state index in [4.69, 9.17) is 9.47 Å². The molecule has 2 aliphatic heterocycles. The maximum Gasteiger partial charge on any atom is 0.161 e. The van der Waals surface area contributed by atoms with Gasteiger partial charge in [0.2, 0.25) is 0 Å². The Bertz CT molecular complexity index is 650. The lowest BCUT2D eigenvalue weighted by Gasteiger charge is -2.29. The average Bonchev–Trinajstić information content (AvgIpc) is 2.90. The second-order valence-electron chi connectivity index (χ2n) is 5.30. The number of benzene rings is 1. The third-order valence-corrected chi connectivity index (χ3v) is 5.11. The number of aryl methyl sites for hydroxylation is 1. The summed E-state index contributed by atoms with van der Waals surface area (Å²) in [4.78, 5) is 1.41. The van der Waals surface area contributed by atoms with Crippen LogP contribution in [-0.4, -0.2) is 19.8 Å². The first-order valence-corrected chi connectivity index (χ1v) is 7.90. The van der Waals surface area contributed by atoms with E-state index < -0.39 is 0 Å². The summed E-state index contributed by atoms with van der Waals surface area (Å²) in [6.45, 7) is 4.48. The van der Waals surface area contributed by atoms with Crippen molar-refractivity contribution >= 4 is 11.3 Å². The minimum atomic E-state index is 0.287. The summed E-state index contributed by atoms with van der Waals surface area (Å²) in [5.41, 5.74) is 4.08. The highest BCUT2D eigenvalue weighted by atomic mass is 32.1. The highest BCUT2D eigenvalue weighted by molar-refractivity contribution is 7.10. The monoisotopic (exact) mass is 287 g/mol. The molecule has 1 unspecified atom stereocenters. The molecule has 104 valence electrons. The van der Waals surface area contributed by atoms with E-state index in [0.717, 1.165) is 24.5 Å². The van der Waals surface area contributed by atoms with Crippen molar-refractivity contribution in [3.63, 3.8) is 0 Å². The Kier molecular flexibility index (Phi) is 2.93. The molecule has 3 heterocycles. The molecule has 0 radical (unpaired) electrons. The smallest absolute Gasteiger partial charge is 0.161 e. The average molecular weight is 287 g/mol. The lowest BCUT2D eigenvalue weighted by molar-refractivity contribution is 0.171. The largest absolute Gasteiger partial charge is 0.486 e. The minimum absolute atomic E-state index is 0.287. The summed E-state index contributed by atoms with van der Waals surface area (Å²) in [5.74, 6) is 1.79. The van der Waals surface area contributed by atoms with Gasteiger partial charge in [-0.15, -0.1) is 11.3 Å². The van der Waals surface area contributed by atoms with Crippen molar-refractivity contribution in [1.29, 1.82) is 0 Å². The van der Waals surface area contributed by atoms with Crippen molar-refractivity contribution in [3.8, 4) is 11.5 Å². The SMILES string of the molecule is Cc1ccsc1C1NCCc2cc3c(cc21)OCCO3. The predicted octanol–water partition coefficient (Wildman–Crippen LogP) is 3.06. The molecule has 4 heteroatoms. The van der Waals surface area contributed by atoms with Crippen molar-refractivity contribution in [2.75, 3.05) is 19.8 Å². The zero-order valence-electron chi connectivity index (χ0n) is 11.4. The number of thiophene rings is 1. The molecule has 0 amide bonds. The Labute approximate surface area is 122 Å². The first-order chi connectivity index (χ1) is 9.83. The third kappa shape index (κ3) is 1.91. The normalized spacial score (nSPS) is 20.6. The van der Waals surface area contributed by atoms with Crippen LogP contribution in [-0.2, 0) is 6.42 Å². The van der Waals surface area contributed by atoms with Gasteiger partial charge in [-0.2, -0.15) is 0 Å². The van der Waals surface area contributed by atoms with Crippen molar-refractivity contribution in [2.24, 2.45) is 0 Å². The van der Waals surface area contributed by atoms with Crippen LogP contribution in [0.25, 0.3) is 0 Å². The van der Waals surface area contributed by atoms with Gasteiger partial charge in [0.05, 0.1) is 6.04 Å². The van der Waals surface area contributed by atoms with E-state index in [-0.39, 0.29) is 6.04 Å². The van der Waals surface area contributed by atoms with E-state index in [1.807, 2.05) is 11.3 Å². The van der Waals surface area contributed by atoms with Gasteiger partial charge in [0, 0.05) is 11.4 Å². The first kappa shape index (κ1) is 12.2. The van der Waals surface area contributed by atoms with Gasteiger partial charge in [-0.05, 0) is 53.6 Å². The number of fused-ring (bicyclic) bond motifs is 2. The van der Waals surface area contributed by atoms with Crippen LogP contribution in [0.4, 0.5) is 0 Å². The topological polar surface area (TPSA) is 30.5 Å². The lowest BCUT2D eigenvalue weighted by Crippen LogP contribution is -2.31. The number of rotatable bonds is 1. The van der Waals surface area contributed by atoms with Gasteiger partial charge < -0.3 is 14.8 Å². The van der Waals surface area contributed by atoms with Crippen LogP contribution in [0.2, 0.25) is 0 Å². The summed E-state index contributed by atoms with van der Waals surface area (Å²) in [5, 5.41) is 5.80. The number of ether oxygens (including phenoxy) is 2. The number of nitrogens with one attached hydrogen (secondary N) is 1. The van der Waals surface area contributed by atoms with Crippen LogP contribution in [0.3, 0.4) is 0 Å². The summed E-state index contributed by atoms with van der Waals surface area (Å²) in [6.07, 6.45) is 1.05. The molecule has 20 heavy (non-hydrogen) atoms. The molecular weight excluding hydrogens is 270 g/mol. The molecule has 2 aliphatic rings. The molecule has 1 aromatic heterocycles. The van der Waals surface area contributed by atoms with Gasteiger partial charge in [0.15, 0.2) is 11.5 Å². The molecule has 0 spiro atoms. The minimum Gasteiger partial charge on any atom is -0.486 e. The molecule has 3 nitrogen and oxygen atoms in total. The zero-order chi connectivity index (χ0) is 13.5. The van der Waals surface area contributed by atoms with Crippen molar-refractivity contribution in [3.05, 3.63) is 45.1 Å². The number of hydrogen-bond acceptors (Lipinski definition) is 4. The summed E-state index contributed by atoms with van der Waals surface area (Å²) in [7, 11) is 0. The van der Waals surface area contributed by atoms with Crippen LogP contribution in [0.1, 0.15) is 27.6 Å². The lowest BCUT2D eigenvalue weighted by atomic mass is 9.91. The molecule has 1 N–H and O–H groups in total. The van der Waals surface area contributed by atoms with E-state index >= 15 is 0 Å². The van der Waals surface area contributed by atoms with Crippen molar-refractivity contribution in [2.45, 2.75) is 19.4 Å². The van der Waals surface area contributed by atoms with E-state index in [2.05, 4.69) is 35.8 Å². The maximum absolute atomic E-state index is 5.74. The fourth-order valence-corrected chi connectivity index (χ4v) is 4.03. The summed E-state index contributed by atoms with van der Waals surface area (Å²) in [6, 6.07) is 6.81. The highest BCUT2D eigenvalue weighted by Crippen LogP contribution is 2.40.